The van der Waals surface area contributed by atoms with Crippen LogP contribution in [0.15, 0.2) is 0 Å². The minimum absolute atomic E-state index is 0.0266. The van der Waals surface area contributed by atoms with E-state index in [4.69, 9.17) is 5.11 Å². The fraction of sp³-hybridized carbons (Fsp3) is 0.900. The minimum atomic E-state index is 0.0266. The van der Waals surface area contributed by atoms with Crippen molar-refractivity contribution in [3.63, 3.8) is 0 Å². The first-order valence-corrected chi connectivity index (χ1v) is 5.15. The highest BCUT2D eigenvalue weighted by Gasteiger charge is 2.09. The lowest BCUT2D eigenvalue weighted by molar-refractivity contribution is -0.120. The topological polar surface area (TPSA) is 61.4 Å². The number of nitrogens with one attached hydrogen (secondary N) is 2. The molecule has 14 heavy (non-hydrogen) atoms. The highest BCUT2D eigenvalue weighted by Crippen LogP contribution is 2.03. The maximum Gasteiger partial charge on any atom is 0.221 e. The summed E-state index contributed by atoms with van der Waals surface area (Å²) in [5.41, 5.74) is 0. The van der Waals surface area contributed by atoms with Gasteiger partial charge >= 0.3 is 0 Å². The van der Waals surface area contributed by atoms with Crippen molar-refractivity contribution in [1.29, 1.82) is 0 Å². The Balaban J connectivity index is 3.57. The molecule has 4 heteroatoms. The van der Waals surface area contributed by atoms with Gasteiger partial charge in [-0.3, -0.25) is 4.79 Å². The van der Waals surface area contributed by atoms with E-state index in [1.807, 2.05) is 0 Å². The first kappa shape index (κ1) is 13.4. The molecule has 0 bridgehead atoms. The number of carbonyl (C=O) groups is 1. The zero-order chi connectivity index (χ0) is 11.0. The molecule has 1 unspecified atom stereocenters. The van der Waals surface area contributed by atoms with Gasteiger partial charge in [0.15, 0.2) is 0 Å². The molecular weight excluding hydrogens is 180 g/mol. The van der Waals surface area contributed by atoms with Crippen molar-refractivity contribution in [3.05, 3.63) is 0 Å². The molecule has 0 spiro atoms. The fourth-order valence-corrected chi connectivity index (χ4v) is 1.31. The number of aliphatic hydroxyl groups is 1. The van der Waals surface area contributed by atoms with Gasteiger partial charge in [-0.05, 0) is 12.3 Å². The van der Waals surface area contributed by atoms with Crippen LogP contribution >= 0.6 is 0 Å². The molecule has 0 aromatic carbocycles. The zero-order valence-corrected chi connectivity index (χ0v) is 9.34. The summed E-state index contributed by atoms with van der Waals surface area (Å²) < 4.78 is 0. The second-order valence-corrected chi connectivity index (χ2v) is 3.89. The smallest absolute Gasteiger partial charge is 0.221 e. The van der Waals surface area contributed by atoms with Crippen LogP contribution in [0.25, 0.3) is 0 Å². The number of amides is 1. The molecule has 0 heterocycles. The Hall–Kier alpha value is -0.610. The molecule has 0 rings (SSSR count). The lowest BCUT2D eigenvalue weighted by Crippen LogP contribution is -2.36. The van der Waals surface area contributed by atoms with Crippen molar-refractivity contribution in [2.75, 3.05) is 20.2 Å². The van der Waals surface area contributed by atoms with Gasteiger partial charge in [-0.2, -0.15) is 0 Å². The highest BCUT2D eigenvalue weighted by atomic mass is 16.3. The first-order valence-electron chi connectivity index (χ1n) is 5.15. The summed E-state index contributed by atoms with van der Waals surface area (Å²) in [6.07, 6.45) is 1.40. The predicted molar refractivity (Wildman–Crippen MR) is 57.0 cm³/mol. The molecule has 0 saturated carbocycles. The zero-order valence-electron chi connectivity index (χ0n) is 9.34. The van der Waals surface area contributed by atoms with Crippen LogP contribution < -0.4 is 10.6 Å². The van der Waals surface area contributed by atoms with Crippen LogP contribution in [0.2, 0.25) is 0 Å². The molecule has 0 aliphatic carbocycles. The van der Waals surface area contributed by atoms with Crippen LogP contribution in [0.5, 0.6) is 0 Å². The van der Waals surface area contributed by atoms with E-state index in [1.54, 1.807) is 7.05 Å². The summed E-state index contributed by atoms with van der Waals surface area (Å²) in [4.78, 5) is 10.9. The Morgan fingerprint density at radius 3 is 2.50 bits per heavy atom. The van der Waals surface area contributed by atoms with Gasteiger partial charge < -0.3 is 15.7 Å². The Morgan fingerprint density at radius 2 is 2.07 bits per heavy atom. The molecule has 3 N–H and O–H groups in total. The van der Waals surface area contributed by atoms with Crippen molar-refractivity contribution < 1.29 is 9.90 Å². The molecule has 1 atom stereocenters. The van der Waals surface area contributed by atoms with Crippen molar-refractivity contribution >= 4 is 5.91 Å². The lowest BCUT2D eigenvalue weighted by Gasteiger charge is -2.17. The summed E-state index contributed by atoms with van der Waals surface area (Å²) in [5.74, 6) is 0.582. The first-order chi connectivity index (χ1) is 6.60. The number of aliphatic hydroxyl groups excluding tert-OH is 1. The predicted octanol–water partition coefficient (Wildman–Crippen LogP) is 0.119. The Kier molecular flexibility index (Phi) is 7.42. The maximum absolute atomic E-state index is 10.9. The fourth-order valence-electron chi connectivity index (χ4n) is 1.31. The number of rotatable bonds is 7. The molecule has 0 aromatic rings. The molecule has 0 fully saturated rings. The van der Waals surface area contributed by atoms with Crippen LogP contribution in [0.1, 0.15) is 26.7 Å². The van der Waals surface area contributed by atoms with Gasteiger partial charge in [-0.25, -0.2) is 0 Å². The average molecular weight is 202 g/mol. The molecule has 0 radical (unpaired) electrons. The quantitative estimate of drug-likeness (QED) is 0.549. The van der Waals surface area contributed by atoms with Gasteiger partial charge in [0.2, 0.25) is 5.91 Å². The Morgan fingerprint density at radius 1 is 1.43 bits per heavy atom. The van der Waals surface area contributed by atoms with E-state index in [2.05, 4.69) is 24.5 Å². The van der Waals surface area contributed by atoms with E-state index in [-0.39, 0.29) is 18.6 Å². The van der Waals surface area contributed by atoms with Crippen LogP contribution in [0, 0.1) is 5.92 Å². The van der Waals surface area contributed by atoms with Crippen LogP contribution in [0.3, 0.4) is 0 Å². The third-order valence-corrected chi connectivity index (χ3v) is 2.04. The molecule has 0 aliphatic rings. The largest absolute Gasteiger partial charge is 0.395 e. The molecular formula is C10H22N2O2. The maximum atomic E-state index is 10.9. The molecule has 84 valence electrons. The lowest BCUT2D eigenvalue weighted by atomic mass is 10.0. The summed E-state index contributed by atoms with van der Waals surface area (Å²) in [7, 11) is 1.62. The van der Waals surface area contributed by atoms with E-state index in [0.29, 0.717) is 18.9 Å². The van der Waals surface area contributed by atoms with E-state index in [9.17, 15) is 4.79 Å². The molecule has 0 aliphatic heterocycles. The number of hydrogen-bond acceptors (Lipinski definition) is 3. The Labute approximate surface area is 86.1 Å². The van der Waals surface area contributed by atoms with Crippen molar-refractivity contribution in [2.24, 2.45) is 5.92 Å². The summed E-state index contributed by atoms with van der Waals surface area (Å²) in [6.45, 7) is 4.98. The number of carbonyl (C=O) groups excluding carboxylic acids is 1. The summed E-state index contributed by atoms with van der Waals surface area (Å²) in [6, 6.07) is 0.111. The van der Waals surface area contributed by atoms with Crippen LogP contribution in [0.4, 0.5) is 0 Å². The van der Waals surface area contributed by atoms with Gasteiger partial charge in [0.05, 0.1) is 6.61 Å². The van der Waals surface area contributed by atoms with Crippen molar-refractivity contribution in [3.8, 4) is 0 Å². The third kappa shape index (κ3) is 6.86. The average Bonchev–Trinajstić information content (AvgIpc) is 2.15. The monoisotopic (exact) mass is 202 g/mol. The van der Waals surface area contributed by atoms with E-state index in [0.717, 1.165) is 6.42 Å². The Bertz CT molecular complexity index is 160. The highest BCUT2D eigenvalue weighted by molar-refractivity contribution is 5.75. The second-order valence-electron chi connectivity index (χ2n) is 3.89. The minimum Gasteiger partial charge on any atom is -0.395 e. The van der Waals surface area contributed by atoms with Crippen molar-refractivity contribution in [2.45, 2.75) is 32.7 Å². The van der Waals surface area contributed by atoms with E-state index < -0.39 is 0 Å². The normalized spacial score (nSPS) is 12.9. The van der Waals surface area contributed by atoms with Crippen LogP contribution in [-0.2, 0) is 4.79 Å². The molecule has 4 nitrogen and oxygen atoms in total. The van der Waals surface area contributed by atoms with Crippen molar-refractivity contribution in [1.82, 2.24) is 10.6 Å². The van der Waals surface area contributed by atoms with Gasteiger partial charge in [0.1, 0.15) is 0 Å². The summed E-state index contributed by atoms with van der Waals surface area (Å²) >= 11 is 0. The molecule has 1 amide bonds. The second kappa shape index (κ2) is 7.76. The van der Waals surface area contributed by atoms with Gasteiger partial charge in [-0.1, -0.05) is 13.8 Å². The van der Waals surface area contributed by atoms with Gasteiger partial charge in [-0.15, -0.1) is 0 Å². The van der Waals surface area contributed by atoms with Gasteiger partial charge in [0.25, 0.3) is 0 Å². The third-order valence-electron chi connectivity index (χ3n) is 2.04. The number of hydrogen-bond donors (Lipinski definition) is 3. The standard InChI is InChI=1S/C10H22N2O2/c1-8(2)6-9(7-13)12-5-4-10(14)11-3/h8-9,12-13H,4-7H2,1-3H3,(H,11,14). The SMILES string of the molecule is CNC(=O)CCNC(CO)CC(C)C. The van der Waals surface area contributed by atoms with Gasteiger partial charge in [0, 0.05) is 26.1 Å². The van der Waals surface area contributed by atoms with E-state index >= 15 is 0 Å². The summed E-state index contributed by atoms with van der Waals surface area (Å²) in [5, 5.41) is 14.7. The molecule has 0 aromatic heterocycles. The molecule has 0 saturated heterocycles. The van der Waals surface area contributed by atoms with Crippen LogP contribution in [-0.4, -0.2) is 37.3 Å². The van der Waals surface area contributed by atoms with E-state index in [1.165, 1.54) is 0 Å².